The number of rotatable bonds is 4. The maximum Gasteiger partial charge on any atom is 0.410 e. The molecule has 1 fully saturated rings. The fourth-order valence-electron chi connectivity index (χ4n) is 3.89. The number of carboxylic acids is 1. The van der Waals surface area contributed by atoms with Gasteiger partial charge in [-0.15, -0.1) is 0 Å². The quantitative estimate of drug-likeness (QED) is 0.626. The molecule has 0 spiro atoms. The number of allylic oxidation sites excluding steroid dienone is 3. The average Bonchev–Trinajstić information content (AvgIpc) is 2.75. The smallest absolute Gasteiger partial charge is 0.410 e. The van der Waals surface area contributed by atoms with Gasteiger partial charge in [-0.05, 0) is 58.6 Å². The maximum absolute atomic E-state index is 14.3. The van der Waals surface area contributed by atoms with E-state index in [1.54, 1.807) is 31.7 Å². The van der Waals surface area contributed by atoms with Gasteiger partial charge in [-0.1, -0.05) is 12.2 Å². The number of nitrogens with one attached hydrogen (secondary N) is 1. The van der Waals surface area contributed by atoms with Crippen molar-refractivity contribution in [2.24, 2.45) is 0 Å². The molecule has 1 heterocycles. The van der Waals surface area contributed by atoms with Crippen LogP contribution in [0.15, 0.2) is 36.1 Å². The number of ether oxygens (including phenoxy) is 1. The largest absolute Gasteiger partial charge is 0.478 e. The summed E-state index contributed by atoms with van der Waals surface area (Å²) in [5.41, 5.74) is -1.17. The van der Waals surface area contributed by atoms with Crippen LogP contribution in [-0.4, -0.2) is 57.7 Å². The number of carbonyl (C=O) groups is 3. The summed E-state index contributed by atoms with van der Waals surface area (Å²) in [5, 5.41) is 11.5. The van der Waals surface area contributed by atoms with E-state index in [-0.39, 0.29) is 6.04 Å². The number of carbonyl (C=O) groups excluding carboxylic acids is 2. The van der Waals surface area contributed by atoms with Gasteiger partial charge in [0.25, 0.3) is 0 Å². The zero-order valence-corrected chi connectivity index (χ0v) is 19.4. The highest BCUT2D eigenvalue weighted by atomic mass is 19.1. The Kier molecular flexibility index (Phi) is 7.58. The first-order valence-corrected chi connectivity index (χ1v) is 11.1. The predicted molar refractivity (Wildman–Crippen MR) is 121 cm³/mol. The van der Waals surface area contributed by atoms with Crippen LogP contribution in [0.25, 0.3) is 0 Å². The number of carboxylic acid groups (broad SMARTS) is 1. The van der Waals surface area contributed by atoms with Gasteiger partial charge in [0.1, 0.15) is 17.2 Å². The Bertz CT molecular complexity index is 1020. The molecule has 184 valence electrons. The SMILES string of the molecule is CC(C)(C)OC(=O)N1CCC(N(C(=O)Nc2cc(C(=O)O)c(F)cc2F)C2=CCCC=C2)CC1. The Morgan fingerprint density at radius 2 is 1.79 bits per heavy atom. The number of likely N-dealkylation sites (tertiary alicyclic amines) is 1. The molecular formula is C24H29F2N3O5. The number of amides is 3. The van der Waals surface area contributed by atoms with Crippen LogP contribution in [0.1, 0.15) is 56.8 Å². The Hall–Kier alpha value is -3.43. The minimum absolute atomic E-state index is 0.296. The van der Waals surface area contributed by atoms with Gasteiger partial charge in [0.05, 0.1) is 11.3 Å². The molecule has 1 aliphatic carbocycles. The van der Waals surface area contributed by atoms with E-state index >= 15 is 0 Å². The van der Waals surface area contributed by atoms with Crippen molar-refractivity contribution in [1.29, 1.82) is 0 Å². The fourth-order valence-corrected chi connectivity index (χ4v) is 3.89. The van der Waals surface area contributed by atoms with Gasteiger partial charge in [-0.2, -0.15) is 0 Å². The number of benzene rings is 1. The monoisotopic (exact) mass is 477 g/mol. The van der Waals surface area contributed by atoms with E-state index in [2.05, 4.69) is 5.32 Å². The third-order valence-electron chi connectivity index (χ3n) is 5.48. The summed E-state index contributed by atoms with van der Waals surface area (Å²) in [7, 11) is 0. The zero-order chi connectivity index (χ0) is 25.0. The molecule has 0 saturated carbocycles. The van der Waals surface area contributed by atoms with E-state index in [9.17, 15) is 23.2 Å². The van der Waals surface area contributed by atoms with E-state index in [1.807, 2.05) is 12.2 Å². The maximum atomic E-state index is 14.3. The average molecular weight is 478 g/mol. The number of anilines is 1. The number of nitrogens with zero attached hydrogens (tertiary/aromatic N) is 2. The molecule has 0 aromatic heterocycles. The lowest BCUT2D eigenvalue weighted by Gasteiger charge is -2.39. The summed E-state index contributed by atoms with van der Waals surface area (Å²) in [6.07, 6.45) is 7.66. The van der Waals surface area contributed by atoms with E-state index < -0.39 is 46.6 Å². The lowest BCUT2D eigenvalue weighted by atomic mass is 10.0. The van der Waals surface area contributed by atoms with Crippen molar-refractivity contribution in [3.05, 3.63) is 53.3 Å². The van der Waals surface area contributed by atoms with E-state index in [0.29, 0.717) is 37.7 Å². The van der Waals surface area contributed by atoms with E-state index in [4.69, 9.17) is 9.84 Å². The molecule has 2 N–H and O–H groups in total. The van der Waals surface area contributed by atoms with Crippen molar-refractivity contribution >= 4 is 23.8 Å². The molecule has 1 saturated heterocycles. The van der Waals surface area contributed by atoms with Crippen molar-refractivity contribution in [3.63, 3.8) is 0 Å². The molecule has 10 heteroatoms. The van der Waals surface area contributed by atoms with Crippen LogP contribution in [0.5, 0.6) is 0 Å². The van der Waals surface area contributed by atoms with Crippen LogP contribution in [0.2, 0.25) is 0 Å². The topological polar surface area (TPSA) is 99.2 Å². The van der Waals surface area contributed by atoms with Crippen molar-refractivity contribution in [3.8, 4) is 0 Å². The molecule has 1 aromatic carbocycles. The molecule has 0 unspecified atom stereocenters. The number of piperidine rings is 1. The summed E-state index contributed by atoms with van der Waals surface area (Å²) in [6, 6.07) is 0.229. The third kappa shape index (κ3) is 6.12. The van der Waals surface area contributed by atoms with Crippen LogP contribution in [0, 0.1) is 11.6 Å². The minimum atomic E-state index is -1.57. The minimum Gasteiger partial charge on any atom is -0.478 e. The molecule has 3 amide bonds. The molecule has 1 aromatic rings. The second-order valence-corrected chi connectivity index (χ2v) is 9.22. The number of hydrogen-bond acceptors (Lipinski definition) is 4. The Morgan fingerprint density at radius 3 is 2.35 bits per heavy atom. The molecule has 34 heavy (non-hydrogen) atoms. The highest BCUT2D eigenvalue weighted by molar-refractivity contribution is 5.94. The van der Waals surface area contributed by atoms with Gasteiger partial charge in [0.15, 0.2) is 0 Å². The van der Waals surface area contributed by atoms with Crippen LogP contribution >= 0.6 is 0 Å². The fraction of sp³-hybridized carbons (Fsp3) is 0.458. The lowest BCUT2D eigenvalue weighted by molar-refractivity contribution is 0.0177. The lowest BCUT2D eigenvalue weighted by Crippen LogP contribution is -2.50. The highest BCUT2D eigenvalue weighted by Crippen LogP contribution is 2.27. The van der Waals surface area contributed by atoms with Gasteiger partial charge in [-0.25, -0.2) is 23.2 Å². The molecule has 0 bridgehead atoms. The standard InChI is InChI=1S/C24H29F2N3O5/c1-24(2,3)34-23(33)28-11-9-16(10-12-28)29(15-7-5-4-6-8-15)22(32)27-20-13-17(21(30)31)18(25)14-19(20)26/h5,7-8,13-14,16H,4,6,9-12H2,1-3H3,(H,27,32)(H,30,31). The number of aromatic carboxylic acids is 1. The summed E-state index contributed by atoms with van der Waals surface area (Å²) in [5.74, 6) is -3.88. The Morgan fingerprint density at radius 1 is 1.12 bits per heavy atom. The van der Waals surface area contributed by atoms with Crippen molar-refractivity contribution in [1.82, 2.24) is 9.80 Å². The van der Waals surface area contributed by atoms with Crippen molar-refractivity contribution in [2.75, 3.05) is 18.4 Å². The second-order valence-electron chi connectivity index (χ2n) is 9.22. The second kappa shape index (κ2) is 10.2. The molecule has 3 rings (SSSR count). The third-order valence-corrected chi connectivity index (χ3v) is 5.48. The normalized spacial score (nSPS) is 16.6. The molecule has 8 nitrogen and oxygen atoms in total. The predicted octanol–water partition coefficient (Wildman–Crippen LogP) is 5.13. The molecule has 1 aliphatic heterocycles. The summed E-state index contributed by atoms with van der Waals surface area (Å²) < 4.78 is 33.5. The van der Waals surface area contributed by atoms with Crippen LogP contribution in [0.3, 0.4) is 0 Å². The van der Waals surface area contributed by atoms with Crippen LogP contribution < -0.4 is 5.32 Å². The first-order chi connectivity index (χ1) is 16.0. The Labute approximate surface area is 196 Å². The molecule has 2 aliphatic rings. The summed E-state index contributed by atoms with van der Waals surface area (Å²) in [6.45, 7) is 6.10. The van der Waals surface area contributed by atoms with Gasteiger partial charge < -0.3 is 20.1 Å². The van der Waals surface area contributed by atoms with Gasteiger partial charge in [-0.3, -0.25) is 4.90 Å². The number of halogens is 2. The van der Waals surface area contributed by atoms with E-state index in [0.717, 1.165) is 18.9 Å². The zero-order valence-electron chi connectivity index (χ0n) is 19.4. The molecule has 0 atom stereocenters. The first kappa shape index (κ1) is 25.2. The van der Waals surface area contributed by atoms with E-state index in [1.165, 1.54) is 4.90 Å². The highest BCUT2D eigenvalue weighted by Gasteiger charge is 2.33. The van der Waals surface area contributed by atoms with Crippen LogP contribution in [0.4, 0.5) is 24.1 Å². The van der Waals surface area contributed by atoms with Gasteiger partial charge >= 0.3 is 18.1 Å². The molecular weight excluding hydrogens is 448 g/mol. The summed E-state index contributed by atoms with van der Waals surface area (Å²) >= 11 is 0. The number of hydrogen-bond donors (Lipinski definition) is 2. The van der Waals surface area contributed by atoms with Gasteiger partial charge in [0.2, 0.25) is 0 Å². The Balaban J connectivity index is 1.79. The number of urea groups is 1. The van der Waals surface area contributed by atoms with Crippen molar-refractivity contribution < 1.29 is 33.0 Å². The first-order valence-electron chi connectivity index (χ1n) is 11.1. The van der Waals surface area contributed by atoms with Gasteiger partial charge in [0, 0.05) is 30.9 Å². The molecule has 0 radical (unpaired) electrons. The van der Waals surface area contributed by atoms with Crippen molar-refractivity contribution in [2.45, 2.75) is 58.1 Å². The van der Waals surface area contributed by atoms with Crippen LogP contribution in [-0.2, 0) is 4.74 Å². The summed E-state index contributed by atoms with van der Waals surface area (Å²) in [4.78, 5) is 39.9.